The molecule has 228 valence electrons. The third-order valence-electron chi connectivity index (χ3n) is 7.11. The molecule has 0 radical (unpaired) electrons. The van der Waals surface area contributed by atoms with Crippen LogP contribution in [0.2, 0.25) is 0 Å². The second-order valence-corrected chi connectivity index (χ2v) is 10.6. The molecule has 0 unspecified atom stereocenters. The minimum absolute atomic E-state index is 0.0258. The van der Waals surface area contributed by atoms with Gasteiger partial charge in [0.05, 0.1) is 6.61 Å². The van der Waals surface area contributed by atoms with Crippen LogP contribution in [0.4, 0.5) is 5.69 Å². The second-order valence-electron chi connectivity index (χ2n) is 10.2. The SMILES string of the molecule is O=C(O)CCCCCCCCCCCN1C(=O)C(Cl)=C(Nc2ccc(O[C@H]3O[C@H](CO)[C@@H](O)[C@H](O)[C@H]3O)cc2)C1=O. The highest BCUT2D eigenvalue weighted by Gasteiger charge is 2.44. The van der Waals surface area contributed by atoms with E-state index in [1.165, 1.54) is 12.1 Å². The number of nitrogens with one attached hydrogen (secondary N) is 1. The van der Waals surface area contributed by atoms with E-state index in [1.807, 2.05) is 0 Å². The van der Waals surface area contributed by atoms with Gasteiger partial charge in [0, 0.05) is 18.7 Å². The highest BCUT2D eigenvalue weighted by Crippen LogP contribution is 2.28. The van der Waals surface area contributed by atoms with Crippen molar-refractivity contribution in [3.05, 3.63) is 35.0 Å². The van der Waals surface area contributed by atoms with Crippen molar-refractivity contribution in [1.82, 2.24) is 4.90 Å². The van der Waals surface area contributed by atoms with Gasteiger partial charge in [-0.2, -0.15) is 0 Å². The molecule has 0 bridgehead atoms. The molecule has 2 aliphatic rings. The maximum Gasteiger partial charge on any atom is 0.303 e. The Morgan fingerprint density at radius 3 is 2.05 bits per heavy atom. The molecule has 2 aliphatic heterocycles. The maximum absolute atomic E-state index is 12.9. The molecule has 2 amide bonds. The number of aliphatic hydroxyl groups excluding tert-OH is 4. The summed E-state index contributed by atoms with van der Waals surface area (Å²) in [5, 5.41) is 50.6. The topological polar surface area (TPSA) is 186 Å². The summed E-state index contributed by atoms with van der Waals surface area (Å²) in [7, 11) is 0. The molecule has 0 aliphatic carbocycles. The molecule has 0 spiro atoms. The van der Waals surface area contributed by atoms with Crippen LogP contribution in [-0.2, 0) is 19.1 Å². The molecule has 3 rings (SSSR count). The van der Waals surface area contributed by atoms with E-state index in [1.54, 1.807) is 12.1 Å². The molecule has 41 heavy (non-hydrogen) atoms. The van der Waals surface area contributed by atoms with E-state index in [-0.39, 0.29) is 29.4 Å². The van der Waals surface area contributed by atoms with Gasteiger partial charge >= 0.3 is 5.97 Å². The van der Waals surface area contributed by atoms with Crippen molar-refractivity contribution in [3.63, 3.8) is 0 Å². The number of carbonyl (C=O) groups excluding carboxylic acids is 2. The maximum atomic E-state index is 12.9. The summed E-state index contributed by atoms with van der Waals surface area (Å²) >= 11 is 6.19. The lowest BCUT2D eigenvalue weighted by Crippen LogP contribution is -2.60. The Hall–Kier alpha value is -2.74. The first-order valence-electron chi connectivity index (χ1n) is 14.0. The van der Waals surface area contributed by atoms with Crippen molar-refractivity contribution in [2.45, 2.75) is 94.9 Å². The molecule has 13 heteroatoms. The molecular formula is C28H39ClN2O10. The van der Waals surface area contributed by atoms with Gasteiger partial charge in [0.15, 0.2) is 0 Å². The molecule has 2 heterocycles. The number of benzene rings is 1. The Bertz CT molecular complexity index is 1060. The van der Waals surface area contributed by atoms with Crippen LogP contribution in [0.15, 0.2) is 35.0 Å². The first-order valence-corrected chi connectivity index (χ1v) is 14.3. The number of rotatable bonds is 17. The highest BCUT2D eigenvalue weighted by molar-refractivity contribution is 6.48. The summed E-state index contributed by atoms with van der Waals surface area (Å²) in [6.07, 6.45) is 1.54. The molecule has 1 fully saturated rings. The third-order valence-corrected chi connectivity index (χ3v) is 7.46. The van der Waals surface area contributed by atoms with E-state index in [4.69, 9.17) is 26.2 Å². The van der Waals surface area contributed by atoms with Gasteiger partial charge in [-0.3, -0.25) is 19.3 Å². The normalized spacial score (nSPS) is 24.7. The van der Waals surface area contributed by atoms with E-state index in [0.717, 1.165) is 49.8 Å². The van der Waals surface area contributed by atoms with Crippen LogP contribution in [-0.4, -0.2) is 92.1 Å². The second kappa shape index (κ2) is 16.0. The van der Waals surface area contributed by atoms with Crippen molar-refractivity contribution >= 4 is 35.1 Å². The van der Waals surface area contributed by atoms with Crippen molar-refractivity contribution in [2.75, 3.05) is 18.5 Å². The number of amides is 2. The Labute approximate surface area is 243 Å². The number of ether oxygens (including phenoxy) is 2. The average Bonchev–Trinajstić information content (AvgIpc) is 3.15. The lowest BCUT2D eigenvalue weighted by Gasteiger charge is -2.39. The van der Waals surface area contributed by atoms with Gasteiger partial charge in [-0.1, -0.05) is 56.5 Å². The molecule has 0 saturated carbocycles. The van der Waals surface area contributed by atoms with Crippen molar-refractivity contribution < 1.29 is 49.4 Å². The standard InChI is InChI=1S/C28H39ClN2O10/c29-21-22(27(39)31(26(21)38)15-9-7-5-3-1-2-4-6-8-10-20(33)34)30-17-11-13-18(14-12-17)40-28-25(37)24(36)23(35)19(16-32)41-28/h11-14,19,23-25,28,30,32,35-37H,1-10,15-16H2,(H,33,34)/t19-,23-,24+,25-,28+/m1/s1. The van der Waals surface area contributed by atoms with Crippen LogP contribution in [0.1, 0.15) is 64.2 Å². The monoisotopic (exact) mass is 598 g/mol. The molecule has 1 saturated heterocycles. The van der Waals surface area contributed by atoms with E-state index in [9.17, 15) is 34.8 Å². The highest BCUT2D eigenvalue weighted by atomic mass is 35.5. The van der Waals surface area contributed by atoms with Crippen molar-refractivity contribution in [1.29, 1.82) is 0 Å². The first kappa shape index (κ1) is 32.8. The molecule has 0 aromatic heterocycles. The summed E-state index contributed by atoms with van der Waals surface area (Å²) in [6.45, 7) is -0.313. The first-order chi connectivity index (χ1) is 19.6. The number of aliphatic carboxylic acids is 1. The Morgan fingerprint density at radius 1 is 0.878 bits per heavy atom. The van der Waals surface area contributed by atoms with Gasteiger partial charge < -0.3 is 40.3 Å². The van der Waals surface area contributed by atoms with Crippen molar-refractivity contribution in [3.8, 4) is 5.75 Å². The van der Waals surface area contributed by atoms with Gasteiger partial charge in [0.25, 0.3) is 11.8 Å². The zero-order valence-electron chi connectivity index (χ0n) is 22.8. The van der Waals surface area contributed by atoms with Crippen LogP contribution in [0, 0.1) is 0 Å². The van der Waals surface area contributed by atoms with Gasteiger partial charge in [-0.25, -0.2) is 0 Å². The summed E-state index contributed by atoms with van der Waals surface area (Å²) in [5.74, 6) is -1.57. The number of nitrogens with zero attached hydrogens (tertiary/aromatic N) is 1. The van der Waals surface area contributed by atoms with E-state index >= 15 is 0 Å². The van der Waals surface area contributed by atoms with Crippen LogP contribution in [0.3, 0.4) is 0 Å². The number of carbonyl (C=O) groups is 3. The molecule has 1 aromatic rings. The third kappa shape index (κ3) is 9.12. The van der Waals surface area contributed by atoms with Crippen LogP contribution in [0.5, 0.6) is 5.75 Å². The van der Waals surface area contributed by atoms with Crippen LogP contribution in [0.25, 0.3) is 0 Å². The van der Waals surface area contributed by atoms with Gasteiger partial charge in [0.1, 0.15) is 40.9 Å². The number of hydrogen-bond donors (Lipinski definition) is 6. The van der Waals surface area contributed by atoms with Crippen molar-refractivity contribution in [2.24, 2.45) is 0 Å². The predicted octanol–water partition coefficient (Wildman–Crippen LogP) is 2.08. The average molecular weight is 599 g/mol. The smallest absolute Gasteiger partial charge is 0.303 e. The fourth-order valence-corrected chi connectivity index (χ4v) is 4.93. The number of unbranched alkanes of at least 4 members (excludes halogenated alkanes) is 8. The minimum atomic E-state index is -1.57. The number of hydrogen-bond acceptors (Lipinski definition) is 10. The van der Waals surface area contributed by atoms with E-state index < -0.39 is 55.1 Å². The fraction of sp³-hybridized carbons (Fsp3) is 0.607. The van der Waals surface area contributed by atoms with Gasteiger partial charge in [-0.15, -0.1) is 0 Å². The number of halogens is 1. The Kier molecular flexibility index (Phi) is 12.8. The summed E-state index contributed by atoms with van der Waals surface area (Å²) in [4.78, 5) is 37.1. The minimum Gasteiger partial charge on any atom is -0.481 e. The quantitative estimate of drug-likeness (QED) is 0.114. The molecule has 12 nitrogen and oxygen atoms in total. The van der Waals surface area contributed by atoms with Crippen LogP contribution < -0.4 is 10.1 Å². The van der Waals surface area contributed by atoms with Crippen LogP contribution >= 0.6 is 11.6 Å². The molecule has 6 N–H and O–H groups in total. The van der Waals surface area contributed by atoms with Gasteiger partial charge in [-0.05, 0) is 37.1 Å². The Morgan fingerprint density at radius 2 is 1.46 bits per heavy atom. The molecule has 5 atom stereocenters. The van der Waals surface area contributed by atoms with E-state index in [0.29, 0.717) is 18.5 Å². The number of carboxylic acids is 1. The number of carboxylic acid groups (broad SMARTS) is 1. The molecule has 1 aromatic carbocycles. The predicted molar refractivity (Wildman–Crippen MR) is 148 cm³/mol. The number of imide groups is 1. The van der Waals surface area contributed by atoms with E-state index in [2.05, 4.69) is 5.32 Å². The zero-order valence-corrected chi connectivity index (χ0v) is 23.5. The van der Waals surface area contributed by atoms with Gasteiger partial charge in [0.2, 0.25) is 6.29 Å². The fourth-order valence-electron chi connectivity index (χ4n) is 4.70. The largest absolute Gasteiger partial charge is 0.481 e. The number of anilines is 1. The zero-order chi connectivity index (χ0) is 29.9. The molecular weight excluding hydrogens is 560 g/mol. The summed E-state index contributed by atoms with van der Waals surface area (Å²) in [6, 6.07) is 6.13. The lowest BCUT2D eigenvalue weighted by molar-refractivity contribution is -0.277. The Balaban J connectivity index is 1.40. The summed E-state index contributed by atoms with van der Waals surface area (Å²) < 4.78 is 10.9. The summed E-state index contributed by atoms with van der Waals surface area (Å²) in [5.41, 5.74) is 0.424. The number of aliphatic hydroxyl groups is 4. The lowest BCUT2D eigenvalue weighted by atomic mass is 9.99.